The van der Waals surface area contributed by atoms with E-state index in [0.717, 1.165) is 11.1 Å². The van der Waals surface area contributed by atoms with Crippen LogP contribution in [0.15, 0.2) is 42.5 Å². The summed E-state index contributed by atoms with van der Waals surface area (Å²) in [5, 5.41) is 3.99. The first kappa shape index (κ1) is 25.5. The molecular weight excluding hydrogens is 458 g/mol. The molecule has 2 amide bonds. The van der Waals surface area contributed by atoms with Crippen molar-refractivity contribution in [3.8, 4) is 0 Å². The smallest absolute Gasteiger partial charge is 0.243 e. The molecule has 2 aromatic rings. The third-order valence-corrected chi connectivity index (χ3v) is 6.27. The minimum Gasteiger partial charge on any atom is -0.352 e. The van der Waals surface area contributed by atoms with Crippen molar-refractivity contribution in [2.24, 2.45) is 0 Å². The molecule has 4 nitrogen and oxygen atoms in total. The highest BCUT2D eigenvalue weighted by Crippen LogP contribution is 2.28. The SMILES string of the molecule is CCC(C(=O)NC(C)C)N(Cc1ccc(F)cc1)C(=O)CSCc1c(Cl)cccc1Cl. The van der Waals surface area contributed by atoms with E-state index in [9.17, 15) is 14.0 Å². The van der Waals surface area contributed by atoms with Crippen molar-refractivity contribution in [1.82, 2.24) is 10.2 Å². The summed E-state index contributed by atoms with van der Waals surface area (Å²) in [7, 11) is 0. The lowest BCUT2D eigenvalue weighted by molar-refractivity contribution is -0.139. The molecule has 0 bridgehead atoms. The second-order valence-corrected chi connectivity index (χ2v) is 9.23. The zero-order valence-electron chi connectivity index (χ0n) is 17.8. The summed E-state index contributed by atoms with van der Waals surface area (Å²) >= 11 is 13.8. The van der Waals surface area contributed by atoms with Crippen molar-refractivity contribution in [3.63, 3.8) is 0 Å². The molecule has 1 unspecified atom stereocenters. The van der Waals surface area contributed by atoms with Crippen LogP contribution in [0.4, 0.5) is 4.39 Å². The number of benzene rings is 2. The van der Waals surface area contributed by atoms with Crippen LogP contribution in [0, 0.1) is 5.82 Å². The van der Waals surface area contributed by atoms with E-state index in [1.165, 1.54) is 23.9 Å². The summed E-state index contributed by atoms with van der Waals surface area (Å²) in [5.74, 6) is -0.0913. The van der Waals surface area contributed by atoms with E-state index in [-0.39, 0.29) is 36.0 Å². The Balaban J connectivity index is 2.16. The Morgan fingerprint density at radius 1 is 1.10 bits per heavy atom. The lowest BCUT2D eigenvalue weighted by Crippen LogP contribution is -2.50. The van der Waals surface area contributed by atoms with Crippen LogP contribution >= 0.6 is 35.0 Å². The highest BCUT2D eigenvalue weighted by molar-refractivity contribution is 7.99. The number of nitrogens with one attached hydrogen (secondary N) is 1. The van der Waals surface area contributed by atoms with Gasteiger partial charge in [-0.1, -0.05) is 48.3 Å². The Kier molecular flexibility index (Phi) is 10.1. The first-order valence-corrected chi connectivity index (χ1v) is 12.0. The van der Waals surface area contributed by atoms with Crippen LogP contribution in [0.1, 0.15) is 38.3 Å². The number of halogens is 3. The normalized spacial score (nSPS) is 12.0. The van der Waals surface area contributed by atoms with Crippen LogP contribution in [0.25, 0.3) is 0 Å². The van der Waals surface area contributed by atoms with Crippen molar-refractivity contribution in [2.75, 3.05) is 5.75 Å². The Labute approximate surface area is 197 Å². The monoisotopic (exact) mass is 484 g/mol. The first-order chi connectivity index (χ1) is 14.7. The fourth-order valence-corrected chi connectivity index (χ4v) is 4.73. The highest BCUT2D eigenvalue weighted by atomic mass is 35.5. The van der Waals surface area contributed by atoms with Gasteiger partial charge in [-0.3, -0.25) is 9.59 Å². The summed E-state index contributed by atoms with van der Waals surface area (Å²) in [4.78, 5) is 27.5. The van der Waals surface area contributed by atoms with Gasteiger partial charge in [0.05, 0.1) is 5.75 Å². The lowest BCUT2D eigenvalue weighted by Gasteiger charge is -2.31. The predicted octanol–water partition coefficient (Wildman–Crippen LogP) is 5.70. The zero-order chi connectivity index (χ0) is 23.0. The Bertz CT molecular complexity index is 873. The highest BCUT2D eigenvalue weighted by Gasteiger charge is 2.29. The van der Waals surface area contributed by atoms with Crippen molar-refractivity contribution < 1.29 is 14.0 Å². The molecule has 2 aromatic carbocycles. The Morgan fingerprint density at radius 2 is 1.71 bits per heavy atom. The van der Waals surface area contributed by atoms with Gasteiger partial charge in [-0.15, -0.1) is 11.8 Å². The van der Waals surface area contributed by atoms with Crippen molar-refractivity contribution >= 4 is 46.8 Å². The number of hydrogen-bond donors (Lipinski definition) is 1. The molecule has 0 saturated carbocycles. The van der Waals surface area contributed by atoms with Gasteiger partial charge in [0, 0.05) is 28.4 Å². The van der Waals surface area contributed by atoms with Gasteiger partial charge in [0.15, 0.2) is 0 Å². The minimum atomic E-state index is -0.621. The van der Waals surface area contributed by atoms with Crippen LogP contribution < -0.4 is 5.32 Å². The standard InChI is InChI=1S/C23H27Cl2FN2O2S/c1-4-21(23(30)27-15(2)3)28(12-16-8-10-17(26)11-9-16)22(29)14-31-13-18-19(24)6-5-7-20(18)25/h5-11,15,21H,4,12-14H2,1-3H3,(H,27,30). The molecular formula is C23H27Cl2FN2O2S. The molecule has 0 aliphatic heterocycles. The molecule has 0 spiro atoms. The second-order valence-electron chi connectivity index (χ2n) is 7.43. The number of amides is 2. The maximum absolute atomic E-state index is 13.3. The fraction of sp³-hybridized carbons (Fsp3) is 0.391. The van der Waals surface area contributed by atoms with Crippen LogP contribution in [0.3, 0.4) is 0 Å². The van der Waals surface area contributed by atoms with Crippen molar-refractivity contribution in [1.29, 1.82) is 0 Å². The largest absolute Gasteiger partial charge is 0.352 e. The van der Waals surface area contributed by atoms with Crippen LogP contribution in [-0.2, 0) is 21.9 Å². The average Bonchev–Trinajstić information content (AvgIpc) is 2.70. The first-order valence-electron chi connectivity index (χ1n) is 10.1. The van der Waals surface area contributed by atoms with Gasteiger partial charge in [-0.05, 0) is 55.7 Å². The Hall–Kier alpha value is -1.76. The molecule has 0 aromatic heterocycles. The van der Waals surface area contributed by atoms with E-state index in [0.29, 0.717) is 22.2 Å². The molecule has 2 rings (SSSR count). The molecule has 0 heterocycles. The molecule has 0 aliphatic rings. The summed E-state index contributed by atoms with van der Waals surface area (Å²) < 4.78 is 13.3. The summed E-state index contributed by atoms with van der Waals surface area (Å²) in [6, 6.07) is 10.6. The number of hydrogen-bond acceptors (Lipinski definition) is 3. The average molecular weight is 485 g/mol. The number of thioether (sulfide) groups is 1. The van der Waals surface area contributed by atoms with Gasteiger partial charge in [0.25, 0.3) is 0 Å². The van der Waals surface area contributed by atoms with E-state index in [1.54, 1.807) is 35.2 Å². The van der Waals surface area contributed by atoms with E-state index in [1.807, 2.05) is 20.8 Å². The Morgan fingerprint density at radius 3 is 2.26 bits per heavy atom. The van der Waals surface area contributed by atoms with Crippen LogP contribution in [-0.4, -0.2) is 34.6 Å². The van der Waals surface area contributed by atoms with Crippen LogP contribution in [0.5, 0.6) is 0 Å². The number of carbonyl (C=O) groups excluding carboxylic acids is 2. The molecule has 1 N–H and O–H groups in total. The second kappa shape index (κ2) is 12.3. The summed E-state index contributed by atoms with van der Waals surface area (Å²) in [6.45, 7) is 5.84. The van der Waals surface area contributed by atoms with Crippen molar-refractivity contribution in [2.45, 2.75) is 51.6 Å². The van der Waals surface area contributed by atoms with E-state index in [4.69, 9.17) is 23.2 Å². The van der Waals surface area contributed by atoms with Crippen LogP contribution in [0.2, 0.25) is 10.0 Å². The van der Waals surface area contributed by atoms with Gasteiger partial charge in [-0.2, -0.15) is 0 Å². The van der Waals surface area contributed by atoms with Gasteiger partial charge >= 0.3 is 0 Å². The third-order valence-electron chi connectivity index (χ3n) is 4.62. The minimum absolute atomic E-state index is 0.0407. The topological polar surface area (TPSA) is 49.4 Å². The van der Waals surface area contributed by atoms with E-state index >= 15 is 0 Å². The fourth-order valence-electron chi connectivity index (χ4n) is 3.08. The molecule has 0 fully saturated rings. The molecule has 0 radical (unpaired) electrons. The van der Waals surface area contributed by atoms with Crippen molar-refractivity contribution in [3.05, 3.63) is 69.5 Å². The quantitative estimate of drug-likeness (QED) is 0.470. The zero-order valence-corrected chi connectivity index (χ0v) is 20.2. The molecule has 0 saturated heterocycles. The predicted molar refractivity (Wildman–Crippen MR) is 127 cm³/mol. The number of carbonyl (C=O) groups is 2. The molecule has 31 heavy (non-hydrogen) atoms. The lowest BCUT2D eigenvalue weighted by atomic mass is 10.1. The maximum atomic E-state index is 13.3. The van der Waals surface area contributed by atoms with Gasteiger partial charge in [0.1, 0.15) is 11.9 Å². The van der Waals surface area contributed by atoms with E-state index in [2.05, 4.69) is 5.32 Å². The molecule has 1 atom stereocenters. The number of nitrogens with zero attached hydrogens (tertiary/aromatic N) is 1. The molecule has 8 heteroatoms. The molecule has 168 valence electrons. The summed E-state index contributed by atoms with van der Waals surface area (Å²) in [5.41, 5.74) is 1.53. The van der Waals surface area contributed by atoms with Gasteiger partial charge in [0.2, 0.25) is 11.8 Å². The van der Waals surface area contributed by atoms with E-state index < -0.39 is 6.04 Å². The molecule has 0 aliphatic carbocycles. The number of rotatable bonds is 10. The third kappa shape index (κ3) is 7.70. The summed E-state index contributed by atoms with van der Waals surface area (Å²) in [6.07, 6.45) is 0.465. The van der Waals surface area contributed by atoms with Gasteiger partial charge < -0.3 is 10.2 Å². The maximum Gasteiger partial charge on any atom is 0.243 e. The van der Waals surface area contributed by atoms with Gasteiger partial charge in [-0.25, -0.2) is 4.39 Å².